The topological polar surface area (TPSA) is 79.6 Å². The van der Waals surface area contributed by atoms with Crippen molar-refractivity contribution in [1.82, 2.24) is 10.2 Å². The predicted molar refractivity (Wildman–Crippen MR) is 109 cm³/mol. The van der Waals surface area contributed by atoms with E-state index in [1.807, 2.05) is 0 Å². The molecule has 0 atom stereocenters. The van der Waals surface area contributed by atoms with Gasteiger partial charge >= 0.3 is 6.03 Å². The summed E-state index contributed by atoms with van der Waals surface area (Å²) in [4.78, 5) is 38.7. The average molecular weight is 433 g/mol. The molecule has 1 aliphatic heterocycles. The van der Waals surface area contributed by atoms with Crippen molar-refractivity contribution in [3.8, 4) is 11.3 Å². The first-order chi connectivity index (χ1) is 13.9. The number of carbonyl (C=O) groups excluding carboxylic acids is 3. The number of benzene rings is 1. The van der Waals surface area contributed by atoms with Gasteiger partial charge in [0.25, 0.3) is 11.8 Å². The highest BCUT2D eigenvalue weighted by molar-refractivity contribution is 6.35. The molecule has 1 saturated heterocycles. The third-order valence-electron chi connectivity index (χ3n) is 5.18. The third-order valence-corrected chi connectivity index (χ3v) is 5.74. The molecule has 29 heavy (non-hydrogen) atoms. The van der Waals surface area contributed by atoms with Crippen LogP contribution in [0.3, 0.4) is 0 Å². The van der Waals surface area contributed by atoms with Crippen LogP contribution in [0.25, 0.3) is 17.4 Å². The first-order valence-electron chi connectivity index (χ1n) is 9.40. The van der Waals surface area contributed by atoms with E-state index in [1.165, 1.54) is 11.0 Å². The van der Waals surface area contributed by atoms with Crippen molar-refractivity contribution < 1.29 is 18.8 Å². The van der Waals surface area contributed by atoms with Gasteiger partial charge in [0, 0.05) is 16.6 Å². The zero-order valence-electron chi connectivity index (χ0n) is 15.4. The Labute approximate surface area is 177 Å². The minimum atomic E-state index is -0.731. The molecule has 6 nitrogen and oxygen atoms in total. The summed E-state index contributed by atoms with van der Waals surface area (Å²) in [7, 11) is 0. The van der Waals surface area contributed by atoms with Crippen LogP contribution in [-0.2, 0) is 9.59 Å². The zero-order valence-corrected chi connectivity index (χ0v) is 16.9. The van der Waals surface area contributed by atoms with Crippen molar-refractivity contribution in [1.29, 1.82) is 0 Å². The van der Waals surface area contributed by atoms with Gasteiger partial charge in [-0.3, -0.25) is 19.8 Å². The Kier molecular flexibility index (Phi) is 5.48. The van der Waals surface area contributed by atoms with Crippen LogP contribution in [0.1, 0.15) is 37.9 Å². The number of hydrogen-bond donors (Lipinski definition) is 1. The normalized spacial score (nSPS) is 19.7. The molecule has 0 radical (unpaired) electrons. The first kappa shape index (κ1) is 19.7. The van der Waals surface area contributed by atoms with Crippen molar-refractivity contribution in [3.05, 3.63) is 51.7 Å². The summed E-state index contributed by atoms with van der Waals surface area (Å²) in [6.07, 6.45) is 5.84. The summed E-state index contributed by atoms with van der Waals surface area (Å²) >= 11 is 12.2. The van der Waals surface area contributed by atoms with Gasteiger partial charge < -0.3 is 4.42 Å². The molecule has 2 aromatic rings. The Balaban J connectivity index is 1.64. The molecule has 0 bridgehead atoms. The maximum atomic E-state index is 12.9. The molecule has 2 heterocycles. The lowest BCUT2D eigenvalue weighted by molar-refractivity contribution is -0.132. The second kappa shape index (κ2) is 8.05. The number of urea groups is 1. The highest BCUT2D eigenvalue weighted by Gasteiger charge is 2.40. The fraction of sp³-hybridized carbons (Fsp3) is 0.286. The monoisotopic (exact) mass is 432 g/mol. The lowest BCUT2D eigenvalue weighted by Crippen LogP contribution is -2.58. The summed E-state index contributed by atoms with van der Waals surface area (Å²) in [6, 6.07) is 7.45. The molecule has 4 rings (SSSR count). The maximum absolute atomic E-state index is 12.9. The molecule has 1 saturated carbocycles. The van der Waals surface area contributed by atoms with Crippen LogP contribution in [0.2, 0.25) is 10.0 Å². The summed E-state index contributed by atoms with van der Waals surface area (Å²) < 4.78 is 5.76. The lowest BCUT2D eigenvalue weighted by Gasteiger charge is -2.35. The van der Waals surface area contributed by atoms with Gasteiger partial charge in [-0.05, 0) is 49.2 Å². The Morgan fingerprint density at radius 3 is 2.55 bits per heavy atom. The molecule has 2 fully saturated rings. The summed E-state index contributed by atoms with van der Waals surface area (Å²) in [5.41, 5.74) is 0.468. The number of nitrogens with zero attached hydrogens (tertiary/aromatic N) is 1. The smallest absolute Gasteiger partial charge is 0.331 e. The van der Waals surface area contributed by atoms with E-state index in [9.17, 15) is 14.4 Å². The molecule has 0 spiro atoms. The Morgan fingerprint density at radius 1 is 1.03 bits per heavy atom. The van der Waals surface area contributed by atoms with E-state index in [4.69, 9.17) is 27.6 Å². The largest absolute Gasteiger partial charge is 0.457 e. The molecule has 0 unspecified atom stereocenters. The summed E-state index contributed by atoms with van der Waals surface area (Å²) in [6.45, 7) is 0. The van der Waals surface area contributed by atoms with Crippen LogP contribution in [0.5, 0.6) is 0 Å². The van der Waals surface area contributed by atoms with E-state index in [1.54, 1.807) is 30.3 Å². The average Bonchev–Trinajstić information content (AvgIpc) is 3.16. The number of amides is 4. The van der Waals surface area contributed by atoms with Crippen LogP contribution < -0.4 is 5.32 Å². The minimum absolute atomic E-state index is 0.131. The van der Waals surface area contributed by atoms with E-state index >= 15 is 0 Å². The van der Waals surface area contributed by atoms with Crippen molar-refractivity contribution in [2.45, 2.75) is 38.1 Å². The number of halogens is 2. The number of nitrogens with one attached hydrogen (secondary N) is 1. The van der Waals surface area contributed by atoms with Gasteiger partial charge in [0.05, 0.1) is 5.02 Å². The number of carbonyl (C=O) groups is 3. The number of imide groups is 2. The SMILES string of the molecule is O=C1NC(=O)N(C2CCCCC2)C(=O)/C1=C/c1ccc(-c2cc(Cl)ccc2Cl)o1. The zero-order chi connectivity index (χ0) is 20.5. The predicted octanol–water partition coefficient (Wildman–Crippen LogP) is 5.05. The van der Waals surface area contributed by atoms with Crippen molar-refractivity contribution in [3.63, 3.8) is 0 Å². The van der Waals surface area contributed by atoms with E-state index in [0.29, 0.717) is 27.1 Å². The van der Waals surface area contributed by atoms with Gasteiger partial charge in [0.15, 0.2) is 0 Å². The first-order valence-corrected chi connectivity index (χ1v) is 10.2. The van der Waals surface area contributed by atoms with Crippen molar-refractivity contribution >= 4 is 47.1 Å². The molecule has 1 aromatic heterocycles. The Morgan fingerprint density at radius 2 is 1.79 bits per heavy atom. The molecular weight excluding hydrogens is 415 g/mol. The van der Waals surface area contributed by atoms with Crippen LogP contribution >= 0.6 is 23.2 Å². The molecule has 2 aliphatic rings. The third kappa shape index (κ3) is 3.95. The van der Waals surface area contributed by atoms with Gasteiger partial charge in [0.1, 0.15) is 17.1 Å². The number of furan rings is 1. The minimum Gasteiger partial charge on any atom is -0.457 e. The van der Waals surface area contributed by atoms with Crippen molar-refractivity contribution in [2.75, 3.05) is 0 Å². The quantitative estimate of drug-likeness (QED) is 0.543. The Hall–Kier alpha value is -2.57. The molecule has 1 N–H and O–H groups in total. The van der Waals surface area contributed by atoms with Gasteiger partial charge in [-0.2, -0.15) is 0 Å². The standard InChI is InChI=1S/C21H18Cl2N2O4/c22-12-6-8-17(23)15(10-12)18-9-7-14(29-18)11-16-19(26)24-21(28)25(20(16)27)13-4-2-1-3-5-13/h6-11,13H,1-5H2,(H,24,26,28)/b16-11+. The lowest BCUT2D eigenvalue weighted by atomic mass is 9.93. The fourth-order valence-electron chi connectivity index (χ4n) is 3.75. The van der Waals surface area contributed by atoms with E-state index in [0.717, 1.165) is 32.1 Å². The van der Waals surface area contributed by atoms with Gasteiger partial charge in [-0.1, -0.05) is 42.5 Å². The maximum Gasteiger partial charge on any atom is 0.331 e. The number of rotatable bonds is 3. The molecule has 1 aliphatic carbocycles. The molecule has 4 amide bonds. The van der Waals surface area contributed by atoms with Gasteiger partial charge in [0.2, 0.25) is 0 Å². The molecule has 150 valence electrons. The number of barbiturate groups is 1. The molecular formula is C21H18Cl2N2O4. The van der Waals surface area contributed by atoms with E-state index < -0.39 is 17.8 Å². The van der Waals surface area contributed by atoms with Gasteiger partial charge in [-0.15, -0.1) is 0 Å². The van der Waals surface area contributed by atoms with Crippen LogP contribution in [0.15, 0.2) is 40.3 Å². The summed E-state index contributed by atoms with van der Waals surface area (Å²) in [5, 5.41) is 3.23. The molecule has 8 heteroatoms. The second-order valence-electron chi connectivity index (χ2n) is 7.11. The highest BCUT2D eigenvalue weighted by atomic mass is 35.5. The van der Waals surface area contributed by atoms with E-state index in [2.05, 4.69) is 5.32 Å². The Bertz CT molecular complexity index is 1020. The number of hydrogen-bond acceptors (Lipinski definition) is 4. The molecule has 1 aromatic carbocycles. The van der Waals surface area contributed by atoms with Crippen LogP contribution in [-0.4, -0.2) is 28.8 Å². The second-order valence-corrected chi connectivity index (χ2v) is 7.95. The van der Waals surface area contributed by atoms with Gasteiger partial charge in [-0.25, -0.2) is 4.79 Å². The van der Waals surface area contributed by atoms with E-state index in [-0.39, 0.29) is 11.6 Å². The van der Waals surface area contributed by atoms with Crippen LogP contribution in [0, 0.1) is 0 Å². The highest BCUT2D eigenvalue weighted by Crippen LogP contribution is 2.33. The van der Waals surface area contributed by atoms with Crippen LogP contribution in [0.4, 0.5) is 4.79 Å². The fourth-order valence-corrected chi connectivity index (χ4v) is 4.13. The van der Waals surface area contributed by atoms with Crippen molar-refractivity contribution in [2.24, 2.45) is 0 Å². The summed E-state index contributed by atoms with van der Waals surface area (Å²) in [5.74, 6) is -0.573.